The van der Waals surface area contributed by atoms with Crippen molar-refractivity contribution in [1.29, 1.82) is 0 Å². The average Bonchev–Trinajstić information content (AvgIpc) is 2.96. The monoisotopic (exact) mass is 386 g/mol. The van der Waals surface area contributed by atoms with Crippen LogP contribution in [0.15, 0.2) is 45.8 Å². The van der Waals surface area contributed by atoms with E-state index >= 15 is 0 Å². The van der Waals surface area contributed by atoms with E-state index in [4.69, 9.17) is 13.9 Å². The predicted octanol–water partition coefficient (Wildman–Crippen LogP) is 3.04. The fourth-order valence-corrected chi connectivity index (χ4v) is 3.18. The fraction of sp³-hybridized carbons (Fsp3) is 0.429. The molecule has 1 aliphatic heterocycles. The zero-order chi connectivity index (χ0) is 19.8. The lowest BCUT2D eigenvalue weighted by molar-refractivity contribution is -0.118. The first-order valence-electron chi connectivity index (χ1n) is 9.55. The van der Waals surface area contributed by atoms with Gasteiger partial charge in [-0.2, -0.15) is 0 Å². The van der Waals surface area contributed by atoms with Crippen molar-refractivity contribution in [1.82, 2.24) is 4.90 Å². The predicted molar refractivity (Wildman–Crippen MR) is 106 cm³/mol. The van der Waals surface area contributed by atoms with Crippen LogP contribution in [0.4, 0.5) is 5.69 Å². The van der Waals surface area contributed by atoms with Crippen molar-refractivity contribution in [2.24, 2.45) is 0 Å². The Balaban J connectivity index is 1.52. The standard InChI is InChI=1S/C21H26N2O5/c1-26-17-8-6-7-16(11-17)22-21(25)15-28-20-14-27-18(12-19(20)24)13-23-9-4-2-3-5-10-23/h6-8,11-12,14H,2-5,9-10,13,15H2,1H3,(H,22,25). The average molecular weight is 386 g/mol. The maximum atomic E-state index is 12.3. The molecule has 3 rings (SSSR count). The van der Waals surface area contributed by atoms with Crippen molar-refractivity contribution in [3.05, 3.63) is 52.6 Å². The summed E-state index contributed by atoms with van der Waals surface area (Å²) in [6, 6.07) is 8.44. The zero-order valence-corrected chi connectivity index (χ0v) is 16.1. The van der Waals surface area contributed by atoms with Crippen LogP contribution in [0.3, 0.4) is 0 Å². The van der Waals surface area contributed by atoms with E-state index in [2.05, 4.69) is 10.2 Å². The van der Waals surface area contributed by atoms with Gasteiger partial charge >= 0.3 is 0 Å². The first-order chi connectivity index (χ1) is 13.6. The first kappa shape index (κ1) is 19.9. The van der Waals surface area contributed by atoms with Crippen LogP contribution in [0.2, 0.25) is 0 Å². The minimum Gasteiger partial charge on any atom is -0.497 e. The molecule has 1 amide bonds. The van der Waals surface area contributed by atoms with Gasteiger partial charge in [-0.3, -0.25) is 14.5 Å². The number of amides is 1. The Kier molecular flexibility index (Phi) is 7.08. The normalized spacial score (nSPS) is 14.9. The minimum atomic E-state index is -0.374. The molecule has 0 unspecified atom stereocenters. The molecule has 0 atom stereocenters. The summed E-state index contributed by atoms with van der Waals surface area (Å²) in [5.74, 6) is 0.904. The second kappa shape index (κ2) is 9.94. The second-order valence-corrected chi connectivity index (χ2v) is 6.83. The Morgan fingerprint density at radius 1 is 1.18 bits per heavy atom. The van der Waals surface area contributed by atoms with E-state index in [0.717, 1.165) is 13.1 Å². The summed E-state index contributed by atoms with van der Waals surface area (Å²) in [6.45, 7) is 2.37. The van der Waals surface area contributed by atoms with Crippen LogP contribution in [0.1, 0.15) is 31.4 Å². The third-order valence-electron chi connectivity index (χ3n) is 4.64. The Hall–Kier alpha value is -2.80. The summed E-state index contributed by atoms with van der Waals surface area (Å²) in [4.78, 5) is 26.6. The van der Waals surface area contributed by atoms with Gasteiger partial charge < -0.3 is 19.2 Å². The molecule has 2 aromatic rings. The molecule has 1 N–H and O–H groups in total. The quantitative estimate of drug-likeness (QED) is 0.788. The highest BCUT2D eigenvalue weighted by atomic mass is 16.5. The number of methoxy groups -OCH3 is 1. The maximum absolute atomic E-state index is 12.3. The smallest absolute Gasteiger partial charge is 0.262 e. The largest absolute Gasteiger partial charge is 0.497 e. The minimum absolute atomic E-state index is 0.0282. The summed E-state index contributed by atoms with van der Waals surface area (Å²) in [5.41, 5.74) is 0.304. The summed E-state index contributed by atoms with van der Waals surface area (Å²) in [5, 5.41) is 2.69. The zero-order valence-electron chi connectivity index (χ0n) is 16.1. The Morgan fingerprint density at radius 3 is 2.68 bits per heavy atom. The number of nitrogens with zero attached hydrogens (tertiary/aromatic N) is 1. The van der Waals surface area contributed by atoms with Crippen molar-refractivity contribution in [2.45, 2.75) is 32.2 Å². The number of rotatable bonds is 7. The second-order valence-electron chi connectivity index (χ2n) is 6.83. The van der Waals surface area contributed by atoms with E-state index in [1.807, 2.05) is 0 Å². The van der Waals surface area contributed by atoms with Gasteiger partial charge in [-0.25, -0.2) is 0 Å². The summed E-state index contributed by atoms with van der Waals surface area (Å²) >= 11 is 0. The van der Waals surface area contributed by atoms with Gasteiger partial charge in [-0.1, -0.05) is 18.9 Å². The van der Waals surface area contributed by atoms with Crippen LogP contribution in [0, 0.1) is 0 Å². The van der Waals surface area contributed by atoms with Gasteiger partial charge in [0.25, 0.3) is 5.91 Å². The number of benzene rings is 1. The number of carbonyl (C=O) groups excluding carboxylic acids is 1. The number of anilines is 1. The molecule has 0 saturated carbocycles. The highest BCUT2D eigenvalue weighted by molar-refractivity contribution is 5.92. The van der Waals surface area contributed by atoms with Gasteiger partial charge in [0.05, 0.1) is 13.7 Å². The molecule has 7 nitrogen and oxygen atoms in total. The summed E-state index contributed by atoms with van der Waals surface area (Å²) < 4.78 is 16.0. The van der Waals surface area contributed by atoms with E-state index in [-0.39, 0.29) is 23.7 Å². The van der Waals surface area contributed by atoms with Crippen LogP contribution in [-0.2, 0) is 11.3 Å². The van der Waals surface area contributed by atoms with Crippen LogP contribution in [-0.4, -0.2) is 37.6 Å². The van der Waals surface area contributed by atoms with Gasteiger partial charge in [0.15, 0.2) is 6.61 Å². The SMILES string of the molecule is COc1cccc(NC(=O)COc2coc(CN3CCCCCC3)cc2=O)c1. The lowest BCUT2D eigenvalue weighted by atomic mass is 10.2. The number of nitrogens with one attached hydrogen (secondary N) is 1. The van der Waals surface area contributed by atoms with Crippen molar-refractivity contribution < 1.29 is 18.7 Å². The van der Waals surface area contributed by atoms with E-state index in [1.54, 1.807) is 31.4 Å². The molecular formula is C21H26N2O5. The maximum Gasteiger partial charge on any atom is 0.262 e. The van der Waals surface area contributed by atoms with Crippen molar-refractivity contribution in [3.63, 3.8) is 0 Å². The van der Waals surface area contributed by atoms with Gasteiger partial charge in [0.2, 0.25) is 11.2 Å². The van der Waals surface area contributed by atoms with Crippen molar-refractivity contribution in [2.75, 3.05) is 32.1 Å². The molecule has 1 fully saturated rings. The highest BCUT2D eigenvalue weighted by Gasteiger charge is 2.13. The highest BCUT2D eigenvalue weighted by Crippen LogP contribution is 2.17. The molecule has 0 radical (unpaired) electrons. The third-order valence-corrected chi connectivity index (χ3v) is 4.64. The topological polar surface area (TPSA) is 81.0 Å². The number of ether oxygens (including phenoxy) is 2. The van der Waals surface area contributed by atoms with Gasteiger partial charge in [-0.05, 0) is 38.1 Å². The van der Waals surface area contributed by atoms with E-state index < -0.39 is 0 Å². The molecule has 28 heavy (non-hydrogen) atoms. The molecule has 1 aromatic heterocycles. The molecule has 0 spiro atoms. The van der Waals surface area contributed by atoms with E-state index in [0.29, 0.717) is 23.7 Å². The molecule has 1 aromatic carbocycles. The first-order valence-corrected chi connectivity index (χ1v) is 9.55. The number of hydrogen-bond acceptors (Lipinski definition) is 6. The molecule has 0 bridgehead atoms. The Labute approximate surface area is 164 Å². The van der Waals surface area contributed by atoms with E-state index in [1.165, 1.54) is 38.0 Å². The van der Waals surface area contributed by atoms with Crippen LogP contribution >= 0.6 is 0 Å². The van der Waals surface area contributed by atoms with Gasteiger partial charge in [0, 0.05) is 17.8 Å². The van der Waals surface area contributed by atoms with E-state index in [9.17, 15) is 9.59 Å². The van der Waals surface area contributed by atoms with Crippen molar-refractivity contribution >= 4 is 11.6 Å². The fourth-order valence-electron chi connectivity index (χ4n) is 3.18. The molecule has 1 saturated heterocycles. The lowest BCUT2D eigenvalue weighted by Gasteiger charge is -2.18. The lowest BCUT2D eigenvalue weighted by Crippen LogP contribution is -2.25. The van der Waals surface area contributed by atoms with Crippen LogP contribution in [0.5, 0.6) is 11.5 Å². The molecule has 7 heteroatoms. The number of hydrogen-bond donors (Lipinski definition) is 1. The third kappa shape index (κ3) is 5.85. The number of carbonyl (C=O) groups is 1. The van der Waals surface area contributed by atoms with Crippen LogP contribution in [0.25, 0.3) is 0 Å². The Morgan fingerprint density at radius 2 is 1.96 bits per heavy atom. The van der Waals surface area contributed by atoms with Gasteiger partial charge in [0.1, 0.15) is 17.8 Å². The van der Waals surface area contributed by atoms with Crippen LogP contribution < -0.4 is 20.2 Å². The summed E-state index contributed by atoms with van der Waals surface area (Å²) in [7, 11) is 1.56. The molecule has 1 aliphatic rings. The van der Waals surface area contributed by atoms with Crippen molar-refractivity contribution in [3.8, 4) is 11.5 Å². The molecular weight excluding hydrogens is 360 g/mol. The molecule has 2 heterocycles. The molecule has 0 aliphatic carbocycles. The number of likely N-dealkylation sites (tertiary alicyclic amines) is 1. The Bertz CT molecular complexity index is 841. The molecule has 150 valence electrons. The summed E-state index contributed by atoms with van der Waals surface area (Å²) in [6.07, 6.45) is 6.14. The van der Waals surface area contributed by atoms with Gasteiger partial charge in [-0.15, -0.1) is 0 Å².